The molecule has 1 fully saturated rings. The van der Waals surface area contributed by atoms with Crippen molar-refractivity contribution in [3.05, 3.63) is 34.6 Å². The van der Waals surface area contributed by atoms with Gasteiger partial charge in [0.25, 0.3) is 0 Å². The van der Waals surface area contributed by atoms with Gasteiger partial charge in [-0.3, -0.25) is 9.79 Å². The van der Waals surface area contributed by atoms with E-state index in [1.165, 1.54) is 12.1 Å². The maximum absolute atomic E-state index is 13.2. The molecule has 0 aromatic heterocycles. The van der Waals surface area contributed by atoms with Gasteiger partial charge in [0, 0.05) is 43.0 Å². The van der Waals surface area contributed by atoms with E-state index in [2.05, 4.69) is 20.9 Å². The molecule has 5 nitrogen and oxygen atoms in total. The molecule has 1 aromatic carbocycles. The summed E-state index contributed by atoms with van der Waals surface area (Å²) in [5.74, 6) is 0.658. The summed E-state index contributed by atoms with van der Waals surface area (Å²) >= 11 is 6.17. The summed E-state index contributed by atoms with van der Waals surface area (Å²) < 4.78 is 13.2. The second-order valence-electron chi connectivity index (χ2n) is 6.93. The van der Waals surface area contributed by atoms with Gasteiger partial charge in [-0.25, -0.2) is 4.39 Å². The Morgan fingerprint density at radius 2 is 1.96 bits per heavy atom. The first kappa shape index (κ1) is 19.5. The molecule has 138 valence electrons. The van der Waals surface area contributed by atoms with Crippen molar-refractivity contribution >= 4 is 23.5 Å². The number of hydrogen-bond acceptors (Lipinski definition) is 2. The molecule has 0 aliphatic heterocycles. The van der Waals surface area contributed by atoms with Crippen molar-refractivity contribution in [2.75, 3.05) is 26.7 Å². The Hall–Kier alpha value is -1.82. The van der Waals surface area contributed by atoms with E-state index in [0.29, 0.717) is 30.6 Å². The number of amides is 1. The van der Waals surface area contributed by atoms with Crippen molar-refractivity contribution in [1.82, 2.24) is 16.0 Å². The Kier molecular flexibility index (Phi) is 6.64. The highest BCUT2D eigenvalue weighted by molar-refractivity contribution is 6.31. The second-order valence-corrected chi connectivity index (χ2v) is 7.33. The highest BCUT2D eigenvalue weighted by Crippen LogP contribution is 2.30. The number of hydrogen-bond donors (Lipinski definition) is 3. The van der Waals surface area contributed by atoms with Crippen LogP contribution in [0.3, 0.4) is 0 Å². The largest absolute Gasteiger partial charge is 0.356 e. The molecular formula is C18H26ClFN4O. The van der Waals surface area contributed by atoms with E-state index in [1.54, 1.807) is 13.1 Å². The monoisotopic (exact) mass is 368 g/mol. The van der Waals surface area contributed by atoms with Gasteiger partial charge >= 0.3 is 0 Å². The van der Waals surface area contributed by atoms with Gasteiger partial charge < -0.3 is 16.0 Å². The van der Waals surface area contributed by atoms with Crippen LogP contribution in [0.5, 0.6) is 0 Å². The number of guanidine groups is 1. The summed E-state index contributed by atoms with van der Waals surface area (Å²) in [6.45, 7) is 5.79. The topological polar surface area (TPSA) is 65.5 Å². The van der Waals surface area contributed by atoms with Crippen molar-refractivity contribution in [3.63, 3.8) is 0 Å². The molecule has 1 aromatic rings. The second kappa shape index (κ2) is 8.52. The molecule has 0 unspecified atom stereocenters. The third-order valence-electron chi connectivity index (χ3n) is 4.25. The molecule has 0 heterocycles. The fourth-order valence-corrected chi connectivity index (χ4v) is 2.94. The molecule has 2 rings (SSSR count). The highest BCUT2D eigenvalue weighted by atomic mass is 35.5. The van der Waals surface area contributed by atoms with E-state index in [-0.39, 0.29) is 23.1 Å². The van der Waals surface area contributed by atoms with E-state index in [9.17, 15) is 9.18 Å². The molecule has 7 heteroatoms. The zero-order valence-electron chi connectivity index (χ0n) is 15.0. The molecule has 1 aliphatic rings. The van der Waals surface area contributed by atoms with Gasteiger partial charge in [-0.15, -0.1) is 0 Å². The summed E-state index contributed by atoms with van der Waals surface area (Å²) in [7, 11) is 1.69. The van der Waals surface area contributed by atoms with Gasteiger partial charge in [-0.1, -0.05) is 31.5 Å². The predicted octanol–water partition coefficient (Wildman–Crippen LogP) is 2.45. The number of carbonyl (C=O) groups is 1. The lowest BCUT2D eigenvalue weighted by molar-refractivity contribution is -0.122. The first-order chi connectivity index (χ1) is 11.8. The highest BCUT2D eigenvalue weighted by Gasteiger charge is 2.29. The van der Waals surface area contributed by atoms with Crippen molar-refractivity contribution in [3.8, 4) is 0 Å². The predicted molar refractivity (Wildman–Crippen MR) is 99.5 cm³/mol. The van der Waals surface area contributed by atoms with Gasteiger partial charge in [0.15, 0.2) is 5.96 Å². The van der Waals surface area contributed by atoms with Crippen LogP contribution in [0.1, 0.15) is 32.3 Å². The first-order valence-electron chi connectivity index (χ1n) is 8.51. The number of halogens is 2. The van der Waals surface area contributed by atoms with Crippen LogP contribution in [0.25, 0.3) is 0 Å². The van der Waals surface area contributed by atoms with Crippen LogP contribution in [-0.4, -0.2) is 38.5 Å². The summed E-state index contributed by atoms with van der Waals surface area (Å²) in [4.78, 5) is 15.7. The quantitative estimate of drug-likeness (QED) is 0.393. The number of nitrogens with zero attached hydrogens (tertiary/aromatic N) is 1. The Balaban J connectivity index is 1.79. The fourth-order valence-electron chi connectivity index (χ4n) is 2.52. The lowest BCUT2D eigenvalue weighted by Crippen LogP contribution is -2.45. The van der Waals surface area contributed by atoms with Crippen molar-refractivity contribution in [1.29, 1.82) is 0 Å². The first-order valence-corrected chi connectivity index (χ1v) is 8.89. The van der Waals surface area contributed by atoms with E-state index < -0.39 is 0 Å². The molecular weight excluding hydrogens is 343 g/mol. The zero-order valence-corrected chi connectivity index (χ0v) is 15.7. The molecule has 1 amide bonds. The molecule has 0 bridgehead atoms. The van der Waals surface area contributed by atoms with Crippen LogP contribution in [0.4, 0.5) is 4.39 Å². The average Bonchev–Trinajstić information content (AvgIpc) is 3.38. The number of nitrogens with one attached hydrogen (secondary N) is 3. The average molecular weight is 369 g/mol. The molecule has 0 radical (unpaired) electrons. The summed E-state index contributed by atoms with van der Waals surface area (Å²) in [5.41, 5.74) is 0.568. The summed E-state index contributed by atoms with van der Waals surface area (Å²) in [5, 5.41) is 9.72. The third-order valence-corrected chi connectivity index (χ3v) is 4.56. The summed E-state index contributed by atoms with van der Waals surface area (Å²) in [6.07, 6.45) is 2.01. The number of benzene rings is 1. The molecule has 3 N–H and O–H groups in total. The van der Waals surface area contributed by atoms with Crippen LogP contribution >= 0.6 is 11.6 Å². The van der Waals surface area contributed by atoms with Crippen LogP contribution in [0, 0.1) is 11.7 Å². The van der Waals surface area contributed by atoms with Crippen LogP contribution < -0.4 is 16.0 Å². The van der Waals surface area contributed by atoms with Crippen molar-refractivity contribution in [2.45, 2.75) is 32.1 Å². The molecule has 25 heavy (non-hydrogen) atoms. The molecule has 1 saturated carbocycles. The standard InChI is InChI=1S/C18H26ClFN4O/c1-18(2,14-7-6-13(20)10-15(14)19)11-24-17(21-3)23-9-8-22-16(25)12-4-5-12/h6-7,10,12H,4-5,8-9,11H2,1-3H3,(H,22,25)(H2,21,23,24). The Morgan fingerprint density at radius 1 is 1.28 bits per heavy atom. The molecule has 0 spiro atoms. The third kappa shape index (κ3) is 5.88. The van der Waals surface area contributed by atoms with Crippen molar-refractivity contribution in [2.24, 2.45) is 10.9 Å². The van der Waals surface area contributed by atoms with E-state index in [0.717, 1.165) is 18.4 Å². The lowest BCUT2D eigenvalue weighted by Gasteiger charge is -2.27. The van der Waals surface area contributed by atoms with E-state index >= 15 is 0 Å². The van der Waals surface area contributed by atoms with Crippen LogP contribution in [0.2, 0.25) is 5.02 Å². The summed E-state index contributed by atoms with van der Waals surface area (Å²) in [6, 6.07) is 4.45. The maximum atomic E-state index is 13.2. The smallest absolute Gasteiger partial charge is 0.223 e. The van der Waals surface area contributed by atoms with Crippen molar-refractivity contribution < 1.29 is 9.18 Å². The minimum atomic E-state index is -0.344. The van der Waals surface area contributed by atoms with Gasteiger partial charge in [0.2, 0.25) is 5.91 Å². The fraction of sp³-hybridized carbons (Fsp3) is 0.556. The molecule has 0 atom stereocenters. The number of rotatable bonds is 7. The maximum Gasteiger partial charge on any atom is 0.223 e. The van der Waals surface area contributed by atoms with Gasteiger partial charge in [-0.2, -0.15) is 0 Å². The van der Waals surface area contributed by atoms with Gasteiger partial charge in [-0.05, 0) is 30.5 Å². The number of aliphatic imine (C=N–C) groups is 1. The zero-order chi connectivity index (χ0) is 18.4. The SMILES string of the molecule is CN=C(NCCNC(=O)C1CC1)NCC(C)(C)c1ccc(F)cc1Cl. The van der Waals surface area contributed by atoms with Crippen LogP contribution in [0.15, 0.2) is 23.2 Å². The van der Waals surface area contributed by atoms with Gasteiger partial charge in [0.1, 0.15) is 5.82 Å². The number of carbonyl (C=O) groups excluding carboxylic acids is 1. The minimum Gasteiger partial charge on any atom is -0.356 e. The van der Waals surface area contributed by atoms with Gasteiger partial charge in [0.05, 0.1) is 0 Å². The molecule has 0 saturated heterocycles. The van der Waals surface area contributed by atoms with Crippen LogP contribution in [-0.2, 0) is 10.2 Å². The minimum absolute atomic E-state index is 0.136. The molecule has 1 aliphatic carbocycles. The lowest BCUT2D eigenvalue weighted by atomic mass is 9.84. The Bertz CT molecular complexity index is 644. The Labute approximate surface area is 153 Å². The normalized spacial score (nSPS) is 15.0. The Morgan fingerprint density at radius 3 is 2.56 bits per heavy atom. The van der Waals surface area contributed by atoms with E-state index in [4.69, 9.17) is 11.6 Å². The van der Waals surface area contributed by atoms with E-state index in [1.807, 2.05) is 13.8 Å².